The van der Waals surface area contributed by atoms with E-state index in [4.69, 9.17) is 0 Å². The monoisotopic (exact) mass is 328 g/mol. The summed E-state index contributed by atoms with van der Waals surface area (Å²) in [4.78, 5) is 12.1. The van der Waals surface area contributed by atoms with Crippen molar-refractivity contribution in [3.63, 3.8) is 0 Å². The maximum atomic E-state index is 12.1. The molecule has 1 saturated carbocycles. The first-order valence-corrected chi connectivity index (χ1v) is 8.27. The molecule has 0 aliphatic heterocycles. The van der Waals surface area contributed by atoms with E-state index in [1.54, 1.807) is 12.1 Å². The van der Waals surface area contributed by atoms with Crippen LogP contribution in [-0.4, -0.2) is 12.1 Å². The van der Waals surface area contributed by atoms with Crippen molar-refractivity contribution in [1.82, 2.24) is 0 Å². The third-order valence-electron chi connectivity index (χ3n) is 4.54. The standard InChI is InChI=1S/C18H23F3O2/c1-2-3-4-17(22)15-7-5-13(6-8-15)14-9-11-16(12-10-14)23-18(19,20)21/h9-13,15H,2-8H2,1H3. The molecule has 0 amide bonds. The number of unbranched alkanes of at least 4 members (excludes halogenated alkanes) is 1. The molecule has 1 aliphatic rings. The Morgan fingerprint density at radius 1 is 1.13 bits per heavy atom. The van der Waals surface area contributed by atoms with Gasteiger partial charge in [-0.15, -0.1) is 13.2 Å². The molecule has 1 fully saturated rings. The van der Waals surface area contributed by atoms with Gasteiger partial charge in [0.15, 0.2) is 0 Å². The van der Waals surface area contributed by atoms with Crippen LogP contribution in [0.15, 0.2) is 24.3 Å². The lowest BCUT2D eigenvalue weighted by atomic mass is 9.76. The second-order valence-corrected chi connectivity index (χ2v) is 6.24. The Kier molecular flexibility index (Phi) is 6.08. The van der Waals surface area contributed by atoms with Crippen LogP contribution in [0.2, 0.25) is 0 Å². The summed E-state index contributed by atoms with van der Waals surface area (Å²) < 4.78 is 40.3. The van der Waals surface area contributed by atoms with Crippen molar-refractivity contribution in [2.45, 2.75) is 64.1 Å². The molecule has 0 N–H and O–H groups in total. The Hall–Kier alpha value is -1.52. The van der Waals surface area contributed by atoms with Gasteiger partial charge in [-0.25, -0.2) is 0 Å². The summed E-state index contributed by atoms with van der Waals surface area (Å²) in [7, 11) is 0. The molecule has 0 heterocycles. The van der Waals surface area contributed by atoms with Crippen LogP contribution in [-0.2, 0) is 4.79 Å². The van der Waals surface area contributed by atoms with E-state index in [0.29, 0.717) is 18.1 Å². The van der Waals surface area contributed by atoms with Gasteiger partial charge in [-0.05, 0) is 55.7 Å². The molecule has 0 spiro atoms. The number of rotatable bonds is 6. The van der Waals surface area contributed by atoms with Gasteiger partial charge in [0.25, 0.3) is 0 Å². The third-order valence-corrected chi connectivity index (χ3v) is 4.54. The average Bonchev–Trinajstić information content (AvgIpc) is 2.52. The predicted octanol–water partition coefficient (Wildman–Crippen LogP) is 5.62. The summed E-state index contributed by atoms with van der Waals surface area (Å²) in [6.45, 7) is 2.08. The molecule has 2 nitrogen and oxygen atoms in total. The molecule has 2 rings (SSSR count). The van der Waals surface area contributed by atoms with E-state index < -0.39 is 6.36 Å². The van der Waals surface area contributed by atoms with Gasteiger partial charge in [0, 0.05) is 12.3 Å². The molecule has 1 aromatic rings. The van der Waals surface area contributed by atoms with Gasteiger partial charge < -0.3 is 4.74 Å². The molecule has 0 aromatic heterocycles. The lowest BCUT2D eigenvalue weighted by Crippen LogP contribution is -2.21. The number of halogens is 3. The Bertz CT molecular complexity index is 500. The number of ketones is 1. The summed E-state index contributed by atoms with van der Waals surface area (Å²) >= 11 is 0. The van der Waals surface area contributed by atoms with Crippen molar-refractivity contribution >= 4 is 5.78 Å². The molecule has 0 bridgehead atoms. The number of carbonyl (C=O) groups excluding carboxylic acids is 1. The molecule has 0 saturated heterocycles. The highest BCUT2D eigenvalue weighted by atomic mass is 19.4. The first-order chi connectivity index (χ1) is 10.9. The lowest BCUT2D eigenvalue weighted by molar-refractivity contribution is -0.274. The maximum absolute atomic E-state index is 12.1. The van der Waals surface area contributed by atoms with Crippen molar-refractivity contribution in [1.29, 1.82) is 0 Å². The largest absolute Gasteiger partial charge is 0.573 e. The van der Waals surface area contributed by atoms with Crippen LogP contribution in [0.25, 0.3) is 0 Å². The molecule has 23 heavy (non-hydrogen) atoms. The van der Waals surface area contributed by atoms with E-state index in [1.807, 2.05) is 0 Å². The van der Waals surface area contributed by atoms with Crippen LogP contribution in [0, 0.1) is 5.92 Å². The van der Waals surface area contributed by atoms with Crippen LogP contribution < -0.4 is 4.74 Å². The zero-order valence-corrected chi connectivity index (χ0v) is 13.4. The van der Waals surface area contributed by atoms with Gasteiger partial charge in [0.05, 0.1) is 0 Å². The fourth-order valence-electron chi connectivity index (χ4n) is 3.25. The van der Waals surface area contributed by atoms with Crippen LogP contribution in [0.3, 0.4) is 0 Å². The van der Waals surface area contributed by atoms with Crippen LogP contribution in [0.1, 0.15) is 63.4 Å². The first-order valence-electron chi connectivity index (χ1n) is 8.27. The molecule has 1 aliphatic carbocycles. The summed E-state index contributed by atoms with van der Waals surface area (Å²) in [6.07, 6.45) is 1.62. The van der Waals surface area contributed by atoms with Crippen molar-refractivity contribution < 1.29 is 22.7 Å². The number of hydrogen-bond acceptors (Lipinski definition) is 2. The van der Waals surface area contributed by atoms with E-state index in [-0.39, 0.29) is 11.7 Å². The van der Waals surface area contributed by atoms with Crippen molar-refractivity contribution in [3.8, 4) is 5.75 Å². The number of carbonyl (C=O) groups is 1. The summed E-state index contributed by atoms with van der Waals surface area (Å²) in [5.41, 5.74) is 1.03. The number of Topliss-reactive ketones (excluding diaryl/α,β-unsaturated/α-hetero) is 1. The quantitative estimate of drug-likeness (QED) is 0.677. The van der Waals surface area contributed by atoms with Gasteiger partial charge in [0.1, 0.15) is 11.5 Å². The Balaban J connectivity index is 1.86. The van der Waals surface area contributed by atoms with Crippen LogP contribution in [0.5, 0.6) is 5.75 Å². The minimum Gasteiger partial charge on any atom is -0.406 e. The Labute approximate surface area is 135 Å². The van der Waals surface area contributed by atoms with E-state index in [9.17, 15) is 18.0 Å². The van der Waals surface area contributed by atoms with Crippen molar-refractivity contribution in [2.75, 3.05) is 0 Å². The lowest BCUT2D eigenvalue weighted by Gasteiger charge is -2.28. The van der Waals surface area contributed by atoms with Gasteiger partial charge in [-0.2, -0.15) is 0 Å². The molecule has 128 valence electrons. The van der Waals surface area contributed by atoms with Gasteiger partial charge >= 0.3 is 6.36 Å². The first kappa shape index (κ1) is 17.8. The van der Waals surface area contributed by atoms with Crippen molar-refractivity contribution in [2.24, 2.45) is 5.92 Å². The topological polar surface area (TPSA) is 26.3 Å². The molecule has 0 radical (unpaired) electrons. The van der Waals surface area contributed by atoms with E-state index >= 15 is 0 Å². The van der Waals surface area contributed by atoms with E-state index in [1.165, 1.54) is 12.1 Å². The fraction of sp³-hybridized carbons (Fsp3) is 0.611. The fourth-order valence-corrected chi connectivity index (χ4v) is 3.25. The average molecular weight is 328 g/mol. The Morgan fingerprint density at radius 2 is 1.74 bits per heavy atom. The van der Waals surface area contributed by atoms with Gasteiger partial charge in [0.2, 0.25) is 0 Å². The van der Waals surface area contributed by atoms with E-state index in [2.05, 4.69) is 11.7 Å². The smallest absolute Gasteiger partial charge is 0.406 e. The van der Waals surface area contributed by atoms with Crippen molar-refractivity contribution in [3.05, 3.63) is 29.8 Å². The normalized spacial score (nSPS) is 21.9. The highest BCUT2D eigenvalue weighted by molar-refractivity contribution is 5.81. The summed E-state index contributed by atoms with van der Waals surface area (Å²) in [5.74, 6) is 0.680. The predicted molar refractivity (Wildman–Crippen MR) is 82.4 cm³/mol. The number of ether oxygens (including phenoxy) is 1. The zero-order chi connectivity index (χ0) is 16.9. The molecule has 1 aromatic carbocycles. The third kappa shape index (κ3) is 5.56. The highest BCUT2D eigenvalue weighted by Gasteiger charge is 2.31. The SMILES string of the molecule is CCCCC(=O)C1CCC(c2ccc(OC(F)(F)F)cc2)CC1. The second kappa shape index (κ2) is 7.84. The van der Waals surface area contributed by atoms with Crippen LogP contribution >= 0.6 is 0 Å². The minimum atomic E-state index is -4.65. The number of benzene rings is 1. The molecular formula is C18H23F3O2. The molecular weight excluding hydrogens is 305 g/mol. The molecule has 5 heteroatoms. The van der Waals surface area contributed by atoms with Gasteiger partial charge in [-0.1, -0.05) is 25.5 Å². The van der Waals surface area contributed by atoms with Crippen LogP contribution in [0.4, 0.5) is 13.2 Å². The van der Waals surface area contributed by atoms with E-state index in [0.717, 1.165) is 44.1 Å². The zero-order valence-electron chi connectivity index (χ0n) is 13.4. The minimum absolute atomic E-state index is 0.172. The molecule has 0 unspecified atom stereocenters. The number of alkyl halides is 3. The summed E-state index contributed by atoms with van der Waals surface area (Å²) in [5, 5.41) is 0. The number of hydrogen-bond donors (Lipinski definition) is 0. The Morgan fingerprint density at radius 3 is 2.26 bits per heavy atom. The molecule has 0 atom stereocenters. The highest BCUT2D eigenvalue weighted by Crippen LogP contribution is 2.37. The second-order valence-electron chi connectivity index (χ2n) is 6.24. The maximum Gasteiger partial charge on any atom is 0.573 e. The van der Waals surface area contributed by atoms with Gasteiger partial charge in [-0.3, -0.25) is 4.79 Å². The summed E-state index contributed by atoms with van der Waals surface area (Å²) in [6, 6.07) is 6.12.